The zero-order valence-corrected chi connectivity index (χ0v) is 13.0. The third kappa shape index (κ3) is 3.81. The lowest BCUT2D eigenvalue weighted by Crippen LogP contribution is -2.37. The Labute approximate surface area is 121 Å². The standard InChI is InChI=1S/C16H26N4/c1-12(2)9-17-10-13(3)18-11-15-14-7-5-6-8-16(14)20(4)19-15/h5-8,12-13,17-18H,9-11H2,1-4H3. The Morgan fingerprint density at radius 3 is 2.65 bits per heavy atom. The van der Waals surface area contributed by atoms with Crippen LogP contribution in [0, 0.1) is 5.92 Å². The van der Waals surface area contributed by atoms with Crippen molar-refractivity contribution in [2.24, 2.45) is 13.0 Å². The molecule has 2 aromatic rings. The lowest BCUT2D eigenvalue weighted by molar-refractivity contribution is 0.469. The van der Waals surface area contributed by atoms with Crippen LogP contribution in [0.4, 0.5) is 0 Å². The van der Waals surface area contributed by atoms with E-state index >= 15 is 0 Å². The Kier molecular flexibility index (Phi) is 5.15. The summed E-state index contributed by atoms with van der Waals surface area (Å²) in [4.78, 5) is 0. The molecule has 1 unspecified atom stereocenters. The normalized spacial score (nSPS) is 13.2. The first-order chi connectivity index (χ1) is 9.58. The summed E-state index contributed by atoms with van der Waals surface area (Å²) in [5.41, 5.74) is 2.31. The van der Waals surface area contributed by atoms with Crippen molar-refractivity contribution in [3.05, 3.63) is 30.0 Å². The van der Waals surface area contributed by atoms with Gasteiger partial charge in [-0.2, -0.15) is 5.10 Å². The van der Waals surface area contributed by atoms with Gasteiger partial charge < -0.3 is 10.6 Å². The minimum absolute atomic E-state index is 0.439. The second-order valence-corrected chi connectivity index (χ2v) is 5.92. The smallest absolute Gasteiger partial charge is 0.0841 e. The average molecular weight is 274 g/mol. The van der Waals surface area contributed by atoms with E-state index in [0.29, 0.717) is 12.0 Å². The average Bonchev–Trinajstić information content (AvgIpc) is 2.73. The molecule has 1 aromatic heterocycles. The van der Waals surface area contributed by atoms with Crippen molar-refractivity contribution in [1.82, 2.24) is 20.4 Å². The molecule has 0 saturated carbocycles. The molecule has 20 heavy (non-hydrogen) atoms. The molecule has 0 saturated heterocycles. The monoisotopic (exact) mass is 274 g/mol. The Morgan fingerprint density at radius 2 is 1.90 bits per heavy atom. The highest BCUT2D eigenvalue weighted by Gasteiger charge is 2.09. The molecule has 0 bridgehead atoms. The number of aromatic nitrogens is 2. The van der Waals surface area contributed by atoms with Gasteiger partial charge in [0.15, 0.2) is 0 Å². The van der Waals surface area contributed by atoms with Gasteiger partial charge in [0.2, 0.25) is 0 Å². The predicted octanol–water partition coefficient (Wildman–Crippen LogP) is 2.30. The van der Waals surface area contributed by atoms with Crippen LogP contribution in [-0.4, -0.2) is 28.9 Å². The summed E-state index contributed by atoms with van der Waals surface area (Å²) in [6.45, 7) is 9.53. The maximum absolute atomic E-state index is 4.60. The van der Waals surface area contributed by atoms with E-state index in [1.807, 2.05) is 11.7 Å². The first-order valence-electron chi connectivity index (χ1n) is 7.42. The van der Waals surface area contributed by atoms with Gasteiger partial charge in [-0.05, 0) is 25.5 Å². The second-order valence-electron chi connectivity index (χ2n) is 5.92. The van der Waals surface area contributed by atoms with Crippen molar-refractivity contribution < 1.29 is 0 Å². The number of nitrogens with zero attached hydrogens (tertiary/aromatic N) is 2. The molecule has 2 N–H and O–H groups in total. The fraction of sp³-hybridized carbons (Fsp3) is 0.562. The van der Waals surface area contributed by atoms with E-state index in [0.717, 1.165) is 25.3 Å². The highest BCUT2D eigenvalue weighted by Crippen LogP contribution is 2.17. The van der Waals surface area contributed by atoms with Crippen molar-refractivity contribution in [1.29, 1.82) is 0 Å². The van der Waals surface area contributed by atoms with Crippen molar-refractivity contribution in [2.45, 2.75) is 33.4 Å². The van der Waals surface area contributed by atoms with Crippen LogP contribution in [-0.2, 0) is 13.6 Å². The molecule has 0 aliphatic heterocycles. The molecule has 0 amide bonds. The van der Waals surface area contributed by atoms with Gasteiger partial charge in [-0.25, -0.2) is 0 Å². The van der Waals surface area contributed by atoms with Gasteiger partial charge in [-0.15, -0.1) is 0 Å². The molecule has 1 aromatic carbocycles. The van der Waals surface area contributed by atoms with Gasteiger partial charge >= 0.3 is 0 Å². The molecule has 0 aliphatic carbocycles. The van der Waals surface area contributed by atoms with E-state index in [2.05, 4.69) is 60.8 Å². The molecule has 110 valence electrons. The second kappa shape index (κ2) is 6.86. The summed E-state index contributed by atoms with van der Waals surface area (Å²) < 4.78 is 1.95. The van der Waals surface area contributed by atoms with Crippen LogP contribution in [0.25, 0.3) is 10.9 Å². The summed E-state index contributed by atoms with van der Waals surface area (Å²) >= 11 is 0. The molecule has 0 spiro atoms. The molecule has 1 heterocycles. The predicted molar refractivity (Wildman–Crippen MR) is 84.7 cm³/mol. The maximum atomic E-state index is 4.60. The Morgan fingerprint density at radius 1 is 1.15 bits per heavy atom. The van der Waals surface area contributed by atoms with Gasteiger partial charge in [0, 0.05) is 31.6 Å². The molecular formula is C16H26N4. The van der Waals surface area contributed by atoms with Crippen molar-refractivity contribution in [3.63, 3.8) is 0 Å². The van der Waals surface area contributed by atoms with E-state index in [1.54, 1.807) is 0 Å². The molecule has 0 aliphatic rings. The lowest BCUT2D eigenvalue weighted by Gasteiger charge is -2.15. The number of hydrogen-bond acceptors (Lipinski definition) is 3. The van der Waals surface area contributed by atoms with Crippen LogP contribution in [0.15, 0.2) is 24.3 Å². The topological polar surface area (TPSA) is 41.9 Å². The summed E-state index contributed by atoms with van der Waals surface area (Å²) in [5.74, 6) is 0.696. The number of hydrogen-bond donors (Lipinski definition) is 2. The first kappa shape index (κ1) is 15.0. The highest BCUT2D eigenvalue weighted by atomic mass is 15.3. The quantitative estimate of drug-likeness (QED) is 0.814. The van der Waals surface area contributed by atoms with Gasteiger partial charge in [-0.1, -0.05) is 32.0 Å². The van der Waals surface area contributed by atoms with Crippen LogP contribution in [0.1, 0.15) is 26.5 Å². The minimum Gasteiger partial charge on any atom is -0.315 e. The number of fused-ring (bicyclic) bond motifs is 1. The molecule has 4 heteroatoms. The van der Waals surface area contributed by atoms with Crippen molar-refractivity contribution >= 4 is 10.9 Å². The van der Waals surface area contributed by atoms with E-state index < -0.39 is 0 Å². The van der Waals surface area contributed by atoms with Gasteiger partial charge in [-0.3, -0.25) is 4.68 Å². The first-order valence-corrected chi connectivity index (χ1v) is 7.42. The van der Waals surface area contributed by atoms with Gasteiger partial charge in [0.1, 0.15) is 0 Å². The van der Waals surface area contributed by atoms with E-state index in [-0.39, 0.29) is 0 Å². The fourth-order valence-electron chi connectivity index (χ4n) is 2.35. The van der Waals surface area contributed by atoms with Crippen LogP contribution in [0.5, 0.6) is 0 Å². The fourth-order valence-corrected chi connectivity index (χ4v) is 2.35. The SMILES string of the molecule is CC(C)CNCC(C)NCc1nn(C)c2ccccc12. The Bertz CT molecular complexity index is 544. The Balaban J connectivity index is 1.89. The van der Waals surface area contributed by atoms with E-state index in [9.17, 15) is 0 Å². The zero-order chi connectivity index (χ0) is 14.5. The summed E-state index contributed by atoms with van der Waals surface area (Å²) in [6, 6.07) is 8.82. The van der Waals surface area contributed by atoms with E-state index in [4.69, 9.17) is 0 Å². The number of para-hydroxylation sites is 1. The molecule has 0 fully saturated rings. The molecule has 4 nitrogen and oxygen atoms in total. The Hall–Kier alpha value is -1.39. The van der Waals surface area contributed by atoms with Crippen molar-refractivity contribution in [2.75, 3.05) is 13.1 Å². The van der Waals surface area contributed by atoms with E-state index in [1.165, 1.54) is 10.9 Å². The largest absolute Gasteiger partial charge is 0.315 e. The summed E-state index contributed by atoms with van der Waals surface area (Å²) in [6.07, 6.45) is 0. The molecule has 0 radical (unpaired) electrons. The van der Waals surface area contributed by atoms with Gasteiger partial charge in [0.25, 0.3) is 0 Å². The van der Waals surface area contributed by atoms with Crippen LogP contribution in [0.3, 0.4) is 0 Å². The summed E-state index contributed by atoms with van der Waals surface area (Å²) in [5, 5.41) is 12.9. The zero-order valence-electron chi connectivity index (χ0n) is 13.0. The number of aryl methyl sites for hydroxylation is 1. The molecule has 2 rings (SSSR count). The minimum atomic E-state index is 0.439. The van der Waals surface area contributed by atoms with Crippen molar-refractivity contribution in [3.8, 4) is 0 Å². The molecule has 1 atom stereocenters. The number of nitrogens with one attached hydrogen (secondary N) is 2. The third-order valence-corrected chi connectivity index (χ3v) is 3.46. The number of benzene rings is 1. The van der Waals surface area contributed by atoms with Gasteiger partial charge in [0.05, 0.1) is 11.2 Å². The highest BCUT2D eigenvalue weighted by molar-refractivity contribution is 5.81. The third-order valence-electron chi connectivity index (χ3n) is 3.46. The molecular weight excluding hydrogens is 248 g/mol. The van der Waals surface area contributed by atoms with Crippen LogP contribution in [0.2, 0.25) is 0 Å². The lowest BCUT2D eigenvalue weighted by atomic mass is 10.2. The number of rotatable bonds is 7. The maximum Gasteiger partial charge on any atom is 0.0841 e. The van der Waals surface area contributed by atoms with Crippen LogP contribution < -0.4 is 10.6 Å². The summed E-state index contributed by atoms with van der Waals surface area (Å²) in [7, 11) is 2.00. The van der Waals surface area contributed by atoms with Crippen LogP contribution >= 0.6 is 0 Å².